The van der Waals surface area contributed by atoms with Crippen LogP contribution in [0.5, 0.6) is 0 Å². The molecule has 21 heavy (non-hydrogen) atoms. The Balaban J connectivity index is 1.99. The third kappa shape index (κ3) is 4.03. The van der Waals surface area contributed by atoms with E-state index < -0.39 is 16.0 Å². The first-order valence-electron chi connectivity index (χ1n) is 6.77. The first-order chi connectivity index (χ1) is 9.77. The summed E-state index contributed by atoms with van der Waals surface area (Å²) < 4.78 is 24.4. The quantitative estimate of drug-likeness (QED) is 0.888. The van der Waals surface area contributed by atoms with Crippen LogP contribution in [-0.2, 0) is 16.6 Å². The highest BCUT2D eigenvalue weighted by atomic mass is 32.2. The summed E-state index contributed by atoms with van der Waals surface area (Å²) in [5, 5.41) is 8.95. The van der Waals surface area contributed by atoms with E-state index in [0.717, 1.165) is 11.1 Å². The van der Waals surface area contributed by atoms with Gasteiger partial charge in [-0.3, -0.25) is 4.90 Å². The molecule has 0 bridgehead atoms. The normalized spacial score (nSPS) is 17.8. The standard InChI is InChI=1S/C14H20N2O4S/c1-11-9-12(14(17)18)3-4-13(11)10-15-5-7-16(8-6-15)21(2,19)20/h3-4,9H,5-8,10H2,1-2H3,(H,17,18). The number of aryl methyl sites for hydroxylation is 1. The first-order valence-corrected chi connectivity index (χ1v) is 8.62. The van der Waals surface area contributed by atoms with Crippen molar-refractivity contribution < 1.29 is 18.3 Å². The number of carboxylic acids is 1. The van der Waals surface area contributed by atoms with Gasteiger partial charge in [0.15, 0.2) is 0 Å². The molecule has 1 aliphatic heterocycles. The molecule has 0 atom stereocenters. The van der Waals surface area contributed by atoms with Crippen LogP contribution in [0.25, 0.3) is 0 Å². The molecule has 1 aliphatic rings. The van der Waals surface area contributed by atoms with Crippen LogP contribution < -0.4 is 0 Å². The number of sulfonamides is 1. The Morgan fingerprint density at radius 3 is 2.33 bits per heavy atom. The van der Waals surface area contributed by atoms with E-state index in [4.69, 9.17) is 5.11 Å². The molecule has 0 saturated carbocycles. The smallest absolute Gasteiger partial charge is 0.335 e. The number of piperazine rings is 1. The fraction of sp³-hybridized carbons (Fsp3) is 0.500. The van der Waals surface area contributed by atoms with Crippen LogP contribution in [0.1, 0.15) is 21.5 Å². The molecule has 2 rings (SSSR count). The second kappa shape index (κ2) is 6.13. The van der Waals surface area contributed by atoms with Crippen molar-refractivity contribution >= 4 is 16.0 Å². The number of nitrogens with zero attached hydrogens (tertiary/aromatic N) is 2. The molecule has 1 aromatic rings. The monoisotopic (exact) mass is 312 g/mol. The van der Waals surface area contributed by atoms with Crippen LogP contribution in [0, 0.1) is 6.92 Å². The van der Waals surface area contributed by atoms with Crippen molar-refractivity contribution in [1.29, 1.82) is 0 Å². The SMILES string of the molecule is Cc1cc(C(=O)O)ccc1CN1CCN(S(C)(=O)=O)CC1. The van der Waals surface area contributed by atoms with Gasteiger partial charge in [-0.05, 0) is 30.2 Å². The second-order valence-corrected chi connectivity index (χ2v) is 7.37. The molecular formula is C14H20N2O4S. The average Bonchev–Trinajstić information content (AvgIpc) is 2.40. The Kier molecular flexibility index (Phi) is 4.65. The van der Waals surface area contributed by atoms with Crippen molar-refractivity contribution in [3.8, 4) is 0 Å². The van der Waals surface area contributed by atoms with Crippen molar-refractivity contribution in [2.24, 2.45) is 0 Å². The zero-order valence-electron chi connectivity index (χ0n) is 12.2. The van der Waals surface area contributed by atoms with Gasteiger partial charge in [0.05, 0.1) is 11.8 Å². The number of carboxylic acid groups (broad SMARTS) is 1. The molecule has 0 spiro atoms. The molecule has 1 fully saturated rings. The van der Waals surface area contributed by atoms with E-state index in [1.165, 1.54) is 10.6 Å². The average molecular weight is 312 g/mol. The molecule has 1 aromatic carbocycles. The van der Waals surface area contributed by atoms with Gasteiger partial charge < -0.3 is 5.11 Å². The van der Waals surface area contributed by atoms with Gasteiger partial charge in [-0.2, -0.15) is 4.31 Å². The molecule has 6 nitrogen and oxygen atoms in total. The third-order valence-corrected chi connectivity index (χ3v) is 5.09. The number of benzene rings is 1. The Morgan fingerprint density at radius 2 is 1.86 bits per heavy atom. The molecule has 0 aromatic heterocycles. The van der Waals surface area contributed by atoms with E-state index >= 15 is 0 Å². The summed E-state index contributed by atoms with van der Waals surface area (Å²) in [5.74, 6) is -0.925. The number of hydrogen-bond donors (Lipinski definition) is 1. The van der Waals surface area contributed by atoms with Crippen molar-refractivity contribution in [3.63, 3.8) is 0 Å². The van der Waals surface area contributed by atoms with E-state index in [9.17, 15) is 13.2 Å². The summed E-state index contributed by atoms with van der Waals surface area (Å²) in [6, 6.07) is 5.11. The fourth-order valence-corrected chi connectivity index (χ4v) is 3.29. The van der Waals surface area contributed by atoms with E-state index in [1.54, 1.807) is 12.1 Å². The van der Waals surface area contributed by atoms with E-state index in [0.29, 0.717) is 32.7 Å². The van der Waals surface area contributed by atoms with Gasteiger partial charge in [0.1, 0.15) is 0 Å². The summed E-state index contributed by atoms with van der Waals surface area (Å²) in [4.78, 5) is 13.1. The summed E-state index contributed by atoms with van der Waals surface area (Å²) >= 11 is 0. The molecule has 116 valence electrons. The summed E-state index contributed by atoms with van der Waals surface area (Å²) in [6.07, 6.45) is 1.23. The molecule has 7 heteroatoms. The van der Waals surface area contributed by atoms with E-state index in [1.807, 2.05) is 13.0 Å². The summed E-state index contributed by atoms with van der Waals surface area (Å²) in [6.45, 7) is 4.99. The van der Waals surface area contributed by atoms with Crippen molar-refractivity contribution in [1.82, 2.24) is 9.21 Å². The predicted molar refractivity (Wildman–Crippen MR) is 79.8 cm³/mol. The second-order valence-electron chi connectivity index (χ2n) is 5.38. The third-order valence-electron chi connectivity index (χ3n) is 3.78. The maximum atomic E-state index is 11.5. The number of hydrogen-bond acceptors (Lipinski definition) is 4. The molecule has 0 aliphatic carbocycles. The van der Waals surface area contributed by atoms with Gasteiger partial charge in [0, 0.05) is 32.7 Å². The number of carbonyl (C=O) groups is 1. The predicted octanol–water partition coefficient (Wildman–Crippen LogP) is 0.770. The lowest BCUT2D eigenvalue weighted by atomic mass is 10.0. The van der Waals surface area contributed by atoms with Gasteiger partial charge in [-0.15, -0.1) is 0 Å². The lowest BCUT2D eigenvalue weighted by Crippen LogP contribution is -2.47. The van der Waals surface area contributed by atoms with E-state index in [2.05, 4.69) is 4.90 Å². The Hall–Kier alpha value is -1.44. The van der Waals surface area contributed by atoms with Crippen LogP contribution >= 0.6 is 0 Å². The molecule has 1 N–H and O–H groups in total. The molecule has 0 amide bonds. The highest BCUT2D eigenvalue weighted by molar-refractivity contribution is 7.88. The Morgan fingerprint density at radius 1 is 1.24 bits per heavy atom. The topological polar surface area (TPSA) is 77.9 Å². The Bertz CT molecular complexity index is 634. The highest BCUT2D eigenvalue weighted by Gasteiger charge is 2.23. The van der Waals surface area contributed by atoms with Crippen molar-refractivity contribution in [2.75, 3.05) is 32.4 Å². The molecule has 1 saturated heterocycles. The van der Waals surface area contributed by atoms with Crippen LogP contribution in [-0.4, -0.2) is 61.1 Å². The lowest BCUT2D eigenvalue weighted by Gasteiger charge is -2.33. The van der Waals surface area contributed by atoms with Gasteiger partial charge in [-0.1, -0.05) is 6.07 Å². The van der Waals surface area contributed by atoms with Crippen LogP contribution in [0.2, 0.25) is 0 Å². The number of rotatable bonds is 4. The van der Waals surface area contributed by atoms with Gasteiger partial charge in [0.25, 0.3) is 0 Å². The molecule has 0 radical (unpaired) electrons. The van der Waals surface area contributed by atoms with Crippen molar-refractivity contribution in [2.45, 2.75) is 13.5 Å². The summed E-state index contributed by atoms with van der Waals surface area (Å²) in [5.41, 5.74) is 2.31. The minimum atomic E-state index is -3.10. The van der Waals surface area contributed by atoms with Crippen molar-refractivity contribution in [3.05, 3.63) is 34.9 Å². The minimum Gasteiger partial charge on any atom is -0.478 e. The maximum Gasteiger partial charge on any atom is 0.335 e. The molecule has 1 heterocycles. The first kappa shape index (κ1) is 15.9. The lowest BCUT2D eigenvalue weighted by molar-refractivity contribution is 0.0696. The number of aromatic carboxylic acids is 1. The van der Waals surface area contributed by atoms with Crippen LogP contribution in [0.3, 0.4) is 0 Å². The van der Waals surface area contributed by atoms with Crippen LogP contribution in [0.15, 0.2) is 18.2 Å². The molecule has 0 unspecified atom stereocenters. The van der Waals surface area contributed by atoms with Crippen LogP contribution in [0.4, 0.5) is 0 Å². The highest BCUT2D eigenvalue weighted by Crippen LogP contribution is 2.15. The molecular weight excluding hydrogens is 292 g/mol. The zero-order chi connectivity index (χ0) is 15.6. The minimum absolute atomic E-state index is 0.290. The Labute approximate surface area is 125 Å². The fourth-order valence-electron chi connectivity index (χ4n) is 2.47. The van der Waals surface area contributed by atoms with E-state index in [-0.39, 0.29) is 5.56 Å². The summed E-state index contributed by atoms with van der Waals surface area (Å²) in [7, 11) is -3.10. The van der Waals surface area contributed by atoms with Gasteiger partial charge >= 0.3 is 5.97 Å². The van der Waals surface area contributed by atoms with Gasteiger partial charge in [-0.25, -0.2) is 13.2 Å². The van der Waals surface area contributed by atoms with Gasteiger partial charge in [0.2, 0.25) is 10.0 Å². The zero-order valence-corrected chi connectivity index (χ0v) is 13.1. The maximum absolute atomic E-state index is 11.5. The largest absolute Gasteiger partial charge is 0.478 e.